The summed E-state index contributed by atoms with van der Waals surface area (Å²) in [6.45, 7) is -0.202. The highest BCUT2D eigenvalue weighted by Gasteiger charge is 2.59. The standard InChI is InChI=1S/C19H20N2O4/c1-20(13-5-7-14(25-2)8-6-13)15(22)10-21-18(23)16-11-3-4-12(9-11)17(16)19(21)24/h3-8,11-12,16-17H,9-10H2,1-2H3/t11-,12+,16?,17?. The molecule has 2 unspecified atom stereocenters. The zero-order valence-corrected chi connectivity index (χ0v) is 14.2. The normalized spacial score (nSPS) is 29.3. The number of likely N-dealkylation sites (N-methyl/N-ethyl adjacent to an activating group) is 1. The summed E-state index contributed by atoms with van der Waals surface area (Å²) in [7, 11) is 3.22. The van der Waals surface area contributed by atoms with E-state index in [0.717, 1.165) is 11.3 Å². The van der Waals surface area contributed by atoms with Crippen molar-refractivity contribution in [2.24, 2.45) is 23.7 Å². The number of likely N-dealkylation sites (tertiary alicyclic amines) is 1. The second-order valence-corrected chi connectivity index (χ2v) is 6.91. The number of amides is 3. The van der Waals surface area contributed by atoms with Gasteiger partial charge in [-0.25, -0.2) is 0 Å². The maximum atomic E-state index is 12.6. The van der Waals surface area contributed by atoms with Gasteiger partial charge < -0.3 is 9.64 Å². The van der Waals surface area contributed by atoms with Crippen LogP contribution in [0.5, 0.6) is 5.75 Å². The maximum Gasteiger partial charge on any atom is 0.246 e. The van der Waals surface area contributed by atoms with Crippen molar-refractivity contribution in [1.29, 1.82) is 0 Å². The highest BCUT2D eigenvalue weighted by molar-refractivity contribution is 6.09. The number of imide groups is 1. The largest absolute Gasteiger partial charge is 0.497 e. The van der Waals surface area contributed by atoms with Crippen molar-refractivity contribution in [1.82, 2.24) is 4.90 Å². The van der Waals surface area contributed by atoms with Gasteiger partial charge in [-0.05, 0) is 42.5 Å². The molecule has 0 radical (unpaired) electrons. The SMILES string of the molecule is COc1ccc(N(C)C(=O)CN2C(=O)C3C(C2=O)[C@H]2C=C[C@@H]3C2)cc1. The fraction of sp³-hybridized carbons (Fsp3) is 0.421. The van der Waals surface area contributed by atoms with Gasteiger partial charge in [0.15, 0.2) is 0 Å². The van der Waals surface area contributed by atoms with Crippen LogP contribution < -0.4 is 9.64 Å². The van der Waals surface area contributed by atoms with Crippen molar-refractivity contribution < 1.29 is 19.1 Å². The van der Waals surface area contributed by atoms with Crippen molar-refractivity contribution in [2.75, 3.05) is 25.6 Å². The zero-order valence-electron chi connectivity index (χ0n) is 14.2. The molecular formula is C19H20N2O4. The Labute approximate surface area is 146 Å². The van der Waals surface area contributed by atoms with Crippen LogP contribution in [0.2, 0.25) is 0 Å². The summed E-state index contributed by atoms with van der Waals surface area (Å²) in [6, 6.07) is 7.06. The lowest BCUT2D eigenvalue weighted by Crippen LogP contribution is -2.42. The molecule has 0 spiro atoms. The fourth-order valence-electron chi connectivity index (χ4n) is 4.31. The Morgan fingerprint density at radius 2 is 1.68 bits per heavy atom. The van der Waals surface area contributed by atoms with Crippen LogP contribution in [0.15, 0.2) is 36.4 Å². The number of fused-ring (bicyclic) bond motifs is 5. The van der Waals surface area contributed by atoms with Crippen LogP contribution in [0.25, 0.3) is 0 Å². The van der Waals surface area contributed by atoms with Gasteiger partial charge in [0.25, 0.3) is 0 Å². The predicted octanol–water partition coefficient (Wildman–Crippen LogP) is 1.47. The van der Waals surface area contributed by atoms with E-state index < -0.39 is 0 Å². The van der Waals surface area contributed by atoms with Crippen molar-refractivity contribution in [2.45, 2.75) is 6.42 Å². The van der Waals surface area contributed by atoms with E-state index in [4.69, 9.17) is 4.74 Å². The average Bonchev–Trinajstić information content (AvgIpc) is 3.31. The van der Waals surface area contributed by atoms with Crippen LogP contribution in [0.1, 0.15) is 6.42 Å². The summed E-state index contributed by atoms with van der Waals surface area (Å²) >= 11 is 0. The van der Waals surface area contributed by atoms with Gasteiger partial charge in [0.05, 0.1) is 18.9 Å². The van der Waals surface area contributed by atoms with Gasteiger partial charge in [0.2, 0.25) is 17.7 Å². The number of rotatable bonds is 4. The molecule has 1 aromatic carbocycles. The van der Waals surface area contributed by atoms with E-state index in [1.807, 2.05) is 12.2 Å². The van der Waals surface area contributed by atoms with E-state index in [9.17, 15) is 14.4 Å². The van der Waals surface area contributed by atoms with Crippen LogP contribution >= 0.6 is 0 Å². The van der Waals surface area contributed by atoms with Crippen LogP contribution in [0.3, 0.4) is 0 Å². The number of carbonyl (C=O) groups excluding carboxylic acids is 3. The number of nitrogens with zero attached hydrogens (tertiary/aromatic N) is 2. The molecule has 1 saturated heterocycles. The van der Waals surface area contributed by atoms with E-state index in [0.29, 0.717) is 11.4 Å². The molecular weight excluding hydrogens is 320 g/mol. The molecule has 6 heteroatoms. The molecule has 1 aromatic rings. The minimum Gasteiger partial charge on any atom is -0.497 e. The smallest absolute Gasteiger partial charge is 0.246 e. The first-order valence-electron chi connectivity index (χ1n) is 8.45. The minimum atomic E-state index is -0.285. The summed E-state index contributed by atoms with van der Waals surface area (Å²) < 4.78 is 5.11. The molecule has 0 N–H and O–H groups in total. The average molecular weight is 340 g/mol. The molecule has 4 rings (SSSR count). The van der Waals surface area contributed by atoms with Gasteiger partial charge in [0.1, 0.15) is 12.3 Å². The third kappa shape index (κ3) is 2.35. The number of ether oxygens (including phenoxy) is 1. The van der Waals surface area contributed by atoms with E-state index in [1.54, 1.807) is 38.4 Å². The number of hydrogen-bond acceptors (Lipinski definition) is 4. The first-order chi connectivity index (χ1) is 12.0. The van der Waals surface area contributed by atoms with Gasteiger partial charge in [-0.15, -0.1) is 0 Å². The van der Waals surface area contributed by atoms with Crippen molar-refractivity contribution in [3.05, 3.63) is 36.4 Å². The fourth-order valence-corrected chi connectivity index (χ4v) is 4.31. The molecule has 2 bridgehead atoms. The summed E-state index contributed by atoms with van der Waals surface area (Å²) in [5.41, 5.74) is 0.687. The molecule has 3 aliphatic rings. The van der Waals surface area contributed by atoms with E-state index in [1.165, 1.54) is 4.90 Å². The van der Waals surface area contributed by atoms with Gasteiger partial charge >= 0.3 is 0 Å². The third-order valence-electron chi connectivity index (χ3n) is 5.69. The van der Waals surface area contributed by atoms with Crippen LogP contribution in [0, 0.1) is 23.7 Å². The number of hydrogen-bond donors (Lipinski definition) is 0. The molecule has 6 nitrogen and oxygen atoms in total. The molecule has 3 amide bonds. The van der Waals surface area contributed by atoms with Gasteiger partial charge in [-0.1, -0.05) is 12.2 Å². The summed E-state index contributed by atoms with van der Waals surface area (Å²) in [6.07, 6.45) is 4.98. The first kappa shape index (κ1) is 15.9. The molecule has 4 atom stereocenters. The van der Waals surface area contributed by atoms with E-state index >= 15 is 0 Å². The number of methoxy groups -OCH3 is 1. The summed E-state index contributed by atoms with van der Waals surface area (Å²) in [5.74, 6) is -0.177. The Bertz CT molecular complexity index is 740. The zero-order chi connectivity index (χ0) is 17.7. The highest BCUT2D eigenvalue weighted by atomic mass is 16.5. The minimum absolute atomic E-state index is 0.158. The van der Waals surface area contributed by atoms with Crippen LogP contribution in [-0.4, -0.2) is 43.3 Å². The van der Waals surface area contributed by atoms with Gasteiger partial charge in [-0.3, -0.25) is 19.3 Å². The molecule has 0 aromatic heterocycles. The molecule has 1 heterocycles. The van der Waals surface area contributed by atoms with Crippen molar-refractivity contribution in [3.8, 4) is 5.75 Å². The van der Waals surface area contributed by atoms with Crippen LogP contribution in [0.4, 0.5) is 5.69 Å². The van der Waals surface area contributed by atoms with Crippen LogP contribution in [-0.2, 0) is 14.4 Å². The lowest BCUT2D eigenvalue weighted by molar-refractivity contribution is -0.143. The number of allylic oxidation sites excluding steroid dienone is 2. The van der Waals surface area contributed by atoms with Gasteiger partial charge in [-0.2, -0.15) is 0 Å². The maximum absolute atomic E-state index is 12.6. The van der Waals surface area contributed by atoms with Gasteiger partial charge in [0, 0.05) is 12.7 Å². The lowest BCUT2D eigenvalue weighted by Gasteiger charge is -2.22. The second-order valence-electron chi connectivity index (χ2n) is 6.91. The second kappa shape index (κ2) is 5.72. The molecule has 1 saturated carbocycles. The third-order valence-corrected chi connectivity index (χ3v) is 5.69. The first-order valence-corrected chi connectivity index (χ1v) is 8.45. The Balaban J connectivity index is 1.47. The Hall–Kier alpha value is -2.63. The predicted molar refractivity (Wildman–Crippen MR) is 90.8 cm³/mol. The molecule has 25 heavy (non-hydrogen) atoms. The van der Waals surface area contributed by atoms with Crippen molar-refractivity contribution in [3.63, 3.8) is 0 Å². The molecule has 1 aliphatic heterocycles. The number of anilines is 1. The monoisotopic (exact) mass is 340 g/mol. The Morgan fingerprint density at radius 3 is 2.20 bits per heavy atom. The summed E-state index contributed by atoms with van der Waals surface area (Å²) in [4.78, 5) is 40.5. The lowest BCUT2D eigenvalue weighted by atomic mass is 9.85. The number of benzene rings is 1. The van der Waals surface area contributed by atoms with Crippen molar-refractivity contribution >= 4 is 23.4 Å². The molecule has 2 aliphatic carbocycles. The molecule has 2 fully saturated rings. The number of carbonyl (C=O) groups is 3. The topological polar surface area (TPSA) is 66.9 Å². The van der Waals surface area contributed by atoms with E-state index in [2.05, 4.69) is 0 Å². The quantitative estimate of drug-likeness (QED) is 0.615. The Kier molecular flexibility index (Phi) is 3.63. The van der Waals surface area contributed by atoms with E-state index in [-0.39, 0.29) is 47.9 Å². The summed E-state index contributed by atoms with van der Waals surface area (Å²) in [5, 5.41) is 0. The Morgan fingerprint density at radius 1 is 1.12 bits per heavy atom. The highest BCUT2D eigenvalue weighted by Crippen LogP contribution is 2.52. The molecule has 130 valence electrons.